The summed E-state index contributed by atoms with van der Waals surface area (Å²) < 4.78 is 5.74. The lowest BCUT2D eigenvalue weighted by atomic mass is 9.88. The van der Waals surface area contributed by atoms with E-state index in [2.05, 4.69) is 10.3 Å². The number of rotatable bonds is 4. The number of cyclic esters (lactones) is 1. The lowest BCUT2D eigenvalue weighted by Gasteiger charge is -2.30. The summed E-state index contributed by atoms with van der Waals surface area (Å²) in [6.45, 7) is 5.87. The smallest absolute Gasteiger partial charge is 0.415 e. The molecule has 0 aliphatic carbocycles. The van der Waals surface area contributed by atoms with Gasteiger partial charge in [0.2, 0.25) is 0 Å². The van der Waals surface area contributed by atoms with Crippen molar-refractivity contribution in [3.63, 3.8) is 0 Å². The topological polar surface area (TPSA) is 71.5 Å². The molecule has 1 aliphatic rings. The molecule has 5 rings (SSSR count). The Kier molecular flexibility index (Phi) is 5.28. The number of carbonyl (C=O) groups excluding carboxylic acids is 2. The molecule has 0 saturated carbocycles. The summed E-state index contributed by atoms with van der Waals surface area (Å²) in [5, 5.41) is 3.90. The maximum absolute atomic E-state index is 12.9. The minimum absolute atomic E-state index is 0.246. The highest BCUT2D eigenvalue weighted by molar-refractivity contribution is 6.08. The molecule has 0 unspecified atom stereocenters. The SMILES string of the molecule is Cc1ccccc1[C@@H]1N(c2ccc(C(=O)Nc3cccc4cccnc34)cc2)C(=O)OC1(C)C. The standard InChI is InChI=1S/C28H25N3O3/c1-18-8-4-5-11-22(18)25-28(2,3)34-27(33)31(25)21-15-13-20(14-16-21)26(32)30-23-12-6-9-19-10-7-17-29-24(19)23/h4-17,25H,1-3H3,(H,30,32)/t25-/m0/s1. The normalized spacial score (nSPS) is 17.0. The van der Waals surface area contributed by atoms with Gasteiger partial charge in [0.25, 0.3) is 5.91 Å². The van der Waals surface area contributed by atoms with Crippen LogP contribution in [0.2, 0.25) is 0 Å². The van der Waals surface area contributed by atoms with Crippen LogP contribution in [0.15, 0.2) is 85.1 Å². The molecule has 1 aliphatic heterocycles. The minimum Gasteiger partial charge on any atom is -0.441 e. The number of pyridine rings is 1. The molecule has 2 heterocycles. The van der Waals surface area contributed by atoms with Crippen molar-refractivity contribution in [1.29, 1.82) is 0 Å². The third-order valence-electron chi connectivity index (χ3n) is 6.24. The molecule has 6 heteroatoms. The Morgan fingerprint density at radius 3 is 2.47 bits per heavy atom. The molecule has 1 saturated heterocycles. The largest absolute Gasteiger partial charge is 0.441 e. The summed E-state index contributed by atoms with van der Waals surface area (Å²) in [6, 6.07) is 24.2. The lowest BCUT2D eigenvalue weighted by molar-refractivity contribution is 0.0683. The van der Waals surface area contributed by atoms with E-state index >= 15 is 0 Å². The highest BCUT2D eigenvalue weighted by Crippen LogP contribution is 2.44. The fraction of sp³-hybridized carbons (Fsp3) is 0.179. The van der Waals surface area contributed by atoms with E-state index in [1.54, 1.807) is 35.4 Å². The van der Waals surface area contributed by atoms with Crippen LogP contribution in [-0.4, -0.2) is 22.6 Å². The van der Waals surface area contributed by atoms with Crippen LogP contribution in [0.3, 0.4) is 0 Å². The van der Waals surface area contributed by atoms with Crippen LogP contribution in [0.25, 0.3) is 10.9 Å². The summed E-state index contributed by atoms with van der Waals surface area (Å²) in [4.78, 5) is 31.9. The van der Waals surface area contributed by atoms with Crippen molar-refractivity contribution in [2.24, 2.45) is 0 Å². The fourth-order valence-electron chi connectivity index (χ4n) is 4.58. The van der Waals surface area contributed by atoms with Crippen LogP contribution in [0, 0.1) is 6.92 Å². The first kappa shape index (κ1) is 21.6. The molecule has 1 N–H and O–H groups in total. The van der Waals surface area contributed by atoms with E-state index < -0.39 is 11.7 Å². The maximum Gasteiger partial charge on any atom is 0.415 e. The second-order valence-electron chi connectivity index (χ2n) is 8.98. The van der Waals surface area contributed by atoms with Gasteiger partial charge >= 0.3 is 6.09 Å². The van der Waals surface area contributed by atoms with Crippen molar-refractivity contribution in [1.82, 2.24) is 4.98 Å². The first-order valence-corrected chi connectivity index (χ1v) is 11.2. The van der Waals surface area contributed by atoms with Gasteiger partial charge in [0.05, 0.1) is 11.2 Å². The number of ether oxygens (including phenoxy) is 1. The molecule has 1 atom stereocenters. The van der Waals surface area contributed by atoms with Crippen molar-refractivity contribution in [3.05, 3.63) is 102 Å². The molecular formula is C28H25N3O3. The van der Waals surface area contributed by atoms with Crippen LogP contribution in [0.5, 0.6) is 0 Å². The summed E-state index contributed by atoms with van der Waals surface area (Å²) in [5.74, 6) is -0.246. The van der Waals surface area contributed by atoms with E-state index in [4.69, 9.17) is 4.74 Å². The number of amides is 2. The number of para-hydroxylation sites is 1. The summed E-state index contributed by atoms with van der Waals surface area (Å²) in [7, 11) is 0. The van der Waals surface area contributed by atoms with Crippen LogP contribution in [0.4, 0.5) is 16.2 Å². The molecule has 0 spiro atoms. The quantitative estimate of drug-likeness (QED) is 0.397. The molecule has 4 aromatic rings. The van der Waals surface area contributed by atoms with Gasteiger partial charge in [0.15, 0.2) is 0 Å². The van der Waals surface area contributed by atoms with Gasteiger partial charge in [0, 0.05) is 22.8 Å². The van der Waals surface area contributed by atoms with E-state index in [1.165, 1.54) is 0 Å². The van der Waals surface area contributed by atoms with E-state index in [0.29, 0.717) is 16.9 Å². The van der Waals surface area contributed by atoms with Crippen LogP contribution in [0.1, 0.15) is 41.4 Å². The molecule has 3 aromatic carbocycles. The Morgan fingerprint density at radius 1 is 0.971 bits per heavy atom. The molecule has 1 aromatic heterocycles. The number of aryl methyl sites for hydroxylation is 1. The van der Waals surface area contributed by atoms with E-state index in [9.17, 15) is 9.59 Å². The van der Waals surface area contributed by atoms with Gasteiger partial charge in [-0.05, 0) is 68.3 Å². The minimum atomic E-state index is -0.708. The maximum atomic E-state index is 12.9. The van der Waals surface area contributed by atoms with Gasteiger partial charge in [-0.3, -0.25) is 14.7 Å². The first-order chi connectivity index (χ1) is 16.3. The predicted molar refractivity (Wildman–Crippen MR) is 133 cm³/mol. The van der Waals surface area contributed by atoms with Gasteiger partial charge in [-0.25, -0.2) is 4.79 Å². The van der Waals surface area contributed by atoms with Crippen LogP contribution < -0.4 is 10.2 Å². The Hall–Kier alpha value is -4.19. The number of carbonyl (C=O) groups is 2. The number of nitrogens with one attached hydrogen (secondary N) is 1. The van der Waals surface area contributed by atoms with E-state index in [-0.39, 0.29) is 11.9 Å². The second kappa shape index (κ2) is 8.30. The zero-order valence-corrected chi connectivity index (χ0v) is 19.3. The van der Waals surface area contributed by atoms with Crippen molar-refractivity contribution in [2.45, 2.75) is 32.4 Å². The van der Waals surface area contributed by atoms with Gasteiger partial charge in [-0.1, -0.05) is 42.5 Å². The average molecular weight is 452 g/mol. The molecule has 2 amide bonds. The molecule has 34 heavy (non-hydrogen) atoms. The summed E-state index contributed by atoms with van der Waals surface area (Å²) in [6.07, 6.45) is 1.30. The molecule has 170 valence electrons. The average Bonchev–Trinajstić information content (AvgIpc) is 3.07. The van der Waals surface area contributed by atoms with Gasteiger partial charge < -0.3 is 10.1 Å². The summed E-state index contributed by atoms with van der Waals surface area (Å²) >= 11 is 0. The number of benzene rings is 3. The molecule has 6 nitrogen and oxygen atoms in total. The molecule has 1 fully saturated rings. The van der Waals surface area contributed by atoms with Crippen molar-refractivity contribution < 1.29 is 14.3 Å². The zero-order chi connectivity index (χ0) is 23.9. The predicted octanol–water partition coefficient (Wildman–Crippen LogP) is 6.27. The molecule has 0 bridgehead atoms. The number of hydrogen-bond donors (Lipinski definition) is 1. The molecule has 0 radical (unpaired) electrons. The number of aromatic nitrogens is 1. The Balaban J connectivity index is 1.43. The summed E-state index contributed by atoms with van der Waals surface area (Å²) in [5.41, 5.74) is 3.95. The fourth-order valence-corrected chi connectivity index (χ4v) is 4.58. The first-order valence-electron chi connectivity index (χ1n) is 11.2. The Morgan fingerprint density at radius 2 is 1.71 bits per heavy atom. The van der Waals surface area contributed by atoms with E-state index in [0.717, 1.165) is 22.0 Å². The molecular weight excluding hydrogens is 426 g/mol. The number of anilines is 2. The van der Waals surface area contributed by atoms with Crippen molar-refractivity contribution in [2.75, 3.05) is 10.2 Å². The Labute approximate surface area is 198 Å². The second-order valence-corrected chi connectivity index (χ2v) is 8.98. The highest BCUT2D eigenvalue weighted by Gasteiger charge is 2.49. The highest BCUT2D eigenvalue weighted by atomic mass is 16.6. The van der Waals surface area contributed by atoms with Crippen LogP contribution in [-0.2, 0) is 4.74 Å². The third kappa shape index (κ3) is 3.77. The van der Waals surface area contributed by atoms with Gasteiger partial charge in [0.1, 0.15) is 11.6 Å². The number of hydrogen-bond acceptors (Lipinski definition) is 4. The monoisotopic (exact) mass is 451 g/mol. The number of fused-ring (bicyclic) bond motifs is 1. The van der Waals surface area contributed by atoms with Crippen molar-refractivity contribution >= 4 is 34.3 Å². The zero-order valence-electron chi connectivity index (χ0n) is 19.3. The van der Waals surface area contributed by atoms with Gasteiger partial charge in [-0.15, -0.1) is 0 Å². The number of nitrogens with zero attached hydrogens (tertiary/aromatic N) is 2. The van der Waals surface area contributed by atoms with Crippen LogP contribution >= 0.6 is 0 Å². The third-order valence-corrected chi connectivity index (χ3v) is 6.24. The Bertz CT molecular complexity index is 1390. The van der Waals surface area contributed by atoms with E-state index in [1.807, 2.05) is 75.4 Å². The lowest BCUT2D eigenvalue weighted by Crippen LogP contribution is -2.34. The van der Waals surface area contributed by atoms with Crippen molar-refractivity contribution in [3.8, 4) is 0 Å². The van der Waals surface area contributed by atoms with Gasteiger partial charge in [-0.2, -0.15) is 0 Å².